The molecule has 0 bridgehead atoms. The summed E-state index contributed by atoms with van der Waals surface area (Å²) >= 11 is 3.09. The zero-order valence-corrected chi connectivity index (χ0v) is 23.7. The van der Waals surface area contributed by atoms with Crippen LogP contribution in [0.15, 0.2) is 81.4 Å². The topological polar surface area (TPSA) is 158 Å². The van der Waals surface area contributed by atoms with Gasteiger partial charge in [0, 0.05) is 12.6 Å². The van der Waals surface area contributed by atoms with Gasteiger partial charge >= 0.3 is 19.4 Å². The van der Waals surface area contributed by atoms with Crippen LogP contribution in [0.3, 0.4) is 0 Å². The van der Waals surface area contributed by atoms with E-state index in [1.165, 1.54) is 24.4 Å². The number of aromatic amines is 1. The van der Waals surface area contributed by atoms with Gasteiger partial charge in [0.25, 0.3) is 5.56 Å². The van der Waals surface area contributed by atoms with Crippen molar-refractivity contribution in [2.24, 2.45) is 0 Å². The van der Waals surface area contributed by atoms with Gasteiger partial charge in [-0.05, 0) is 28.8 Å². The summed E-state index contributed by atoms with van der Waals surface area (Å²) in [5.74, 6) is -0.525. The molecular formula is C26H27BrN3O9P. The minimum Gasteiger partial charge on any atom is -0.468 e. The van der Waals surface area contributed by atoms with Crippen molar-refractivity contribution in [1.82, 2.24) is 14.6 Å². The Morgan fingerprint density at radius 3 is 2.55 bits per heavy atom. The highest BCUT2D eigenvalue weighted by Crippen LogP contribution is 2.47. The van der Waals surface area contributed by atoms with Crippen molar-refractivity contribution in [3.63, 3.8) is 0 Å². The standard InChI is InChI=1S/C26H27BrN3O9P/c1-36-25(33)23(17-8-4-2-5-9-17)29-40(35,39-19-10-6-3-7-11-19)37-16-21-20(31)14-22(38-21)30-15-18(12-13-27)24(32)28-26(30)34/h2-13,15,20-23,31H,14,16H2,1H3,(H,29,35)(H,28,32,34)/b13-12+/t20?,21-,22-,23+,40?/m1/s1. The first-order chi connectivity index (χ1) is 19.2. The molecule has 12 nitrogen and oxygen atoms in total. The quantitative estimate of drug-likeness (QED) is 0.211. The number of nitrogens with one attached hydrogen (secondary N) is 2. The summed E-state index contributed by atoms with van der Waals surface area (Å²) in [5, 5.41) is 13.3. The fourth-order valence-electron chi connectivity index (χ4n) is 4.00. The zero-order valence-electron chi connectivity index (χ0n) is 21.2. The van der Waals surface area contributed by atoms with Crippen LogP contribution in [0.1, 0.15) is 29.8 Å². The lowest BCUT2D eigenvalue weighted by Crippen LogP contribution is -2.34. The Labute approximate surface area is 237 Å². The molecule has 1 aliphatic heterocycles. The average Bonchev–Trinajstić information content (AvgIpc) is 3.33. The van der Waals surface area contributed by atoms with E-state index in [0.717, 1.165) is 4.57 Å². The van der Waals surface area contributed by atoms with Gasteiger partial charge in [-0.25, -0.2) is 14.2 Å². The highest BCUT2D eigenvalue weighted by Gasteiger charge is 2.40. The molecule has 14 heteroatoms. The number of nitrogens with zero attached hydrogens (tertiary/aromatic N) is 1. The molecule has 0 spiro atoms. The van der Waals surface area contributed by atoms with Crippen LogP contribution in [0, 0.1) is 0 Å². The molecule has 40 heavy (non-hydrogen) atoms. The van der Waals surface area contributed by atoms with Gasteiger partial charge in [0.1, 0.15) is 24.1 Å². The monoisotopic (exact) mass is 635 g/mol. The number of halogens is 1. The van der Waals surface area contributed by atoms with E-state index >= 15 is 0 Å². The minimum absolute atomic E-state index is 0.0104. The van der Waals surface area contributed by atoms with Crippen LogP contribution in [-0.4, -0.2) is 46.6 Å². The minimum atomic E-state index is -4.31. The number of esters is 1. The number of aliphatic hydroxyl groups is 1. The van der Waals surface area contributed by atoms with Crippen molar-refractivity contribution < 1.29 is 33.0 Å². The summed E-state index contributed by atoms with van der Waals surface area (Å²) in [4.78, 5) is 40.7. The molecule has 5 atom stereocenters. The maximum atomic E-state index is 14.0. The SMILES string of the molecule is COC(=O)[C@@H](NP(=O)(OC[C@H]1O[C@@H](n2cc(/C=C/Br)c(=O)[nH]c2=O)CC1O)Oc1ccccc1)c1ccccc1. The van der Waals surface area contributed by atoms with Crippen LogP contribution in [0.4, 0.5) is 0 Å². The molecule has 3 aromatic rings. The summed E-state index contributed by atoms with van der Waals surface area (Å²) in [6.45, 7) is -0.427. The lowest BCUT2D eigenvalue weighted by atomic mass is 10.1. The Hall–Kier alpha value is -3.32. The number of hydrogen-bond donors (Lipinski definition) is 3. The van der Waals surface area contributed by atoms with Gasteiger partial charge in [-0.1, -0.05) is 64.5 Å². The predicted octanol–water partition coefficient (Wildman–Crippen LogP) is 3.26. The molecule has 2 aromatic carbocycles. The van der Waals surface area contributed by atoms with Crippen molar-refractivity contribution in [1.29, 1.82) is 0 Å². The first-order valence-corrected chi connectivity index (χ1v) is 14.5. The third-order valence-corrected chi connectivity index (χ3v) is 7.77. The molecule has 2 unspecified atom stereocenters. The third-order valence-electron chi connectivity index (χ3n) is 5.99. The van der Waals surface area contributed by atoms with Crippen LogP contribution < -0.4 is 20.9 Å². The smallest absolute Gasteiger partial charge is 0.459 e. The Morgan fingerprint density at radius 1 is 1.23 bits per heavy atom. The first kappa shape index (κ1) is 29.7. The Morgan fingerprint density at radius 2 is 1.90 bits per heavy atom. The predicted molar refractivity (Wildman–Crippen MR) is 149 cm³/mol. The van der Waals surface area contributed by atoms with Crippen LogP contribution in [-0.2, 0) is 23.4 Å². The van der Waals surface area contributed by atoms with Crippen LogP contribution in [0.5, 0.6) is 5.75 Å². The van der Waals surface area contributed by atoms with Gasteiger partial charge in [-0.3, -0.25) is 18.9 Å². The number of carbonyl (C=O) groups excluding carboxylic acids is 1. The first-order valence-electron chi connectivity index (χ1n) is 12.1. The number of methoxy groups -OCH3 is 1. The second kappa shape index (κ2) is 13.4. The van der Waals surface area contributed by atoms with Crippen molar-refractivity contribution in [3.05, 3.63) is 104 Å². The van der Waals surface area contributed by atoms with Gasteiger partial charge in [0.05, 0.1) is 25.4 Å². The van der Waals surface area contributed by atoms with E-state index in [9.17, 15) is 24.1 Å². The number of benzene rings is 2. The second-order valence-corrected chi connectivity index (χ2v) is 10.9. The van der Waals surface area contributed by atoms with E-state index in [0.29, 0.717) is 5.56 Å². The number of carbonyl (C=O) groups is 1. The third kappa shape index (κ3) is 7.25. The highest BCUT2D eigenvalue weighted by molar-refractivity contribution is 9.11. The molecule has 1 saturated heterocycles. The second-order valence-electron chi connectivity index (χ2n) is 8.67. The summed E-state index contributed by atoms with van der Waals surface area (Å²) in [7, 11) is -3.11. The number of hydrogen-bond acceptors (Lipinski definition) is 9. The van der Waals surface area contributed by atoms with E-state index in [1.54, 1.807) is 60.7 Å². The largest absolute Gasteiger partial charge is 0.468 e. The summed E-state index contributed by atoms with van der Waals surface area (Å²) in [5.41, 5.74) is -0.662. The average molecular weight is 636 g/mol. The lowest BCUT2D eigenvalue weighted by Gasteiger charge is -2.26. The van der Waals surface area contributed by atoms with Crippen molar-refractivity contribution in [2.45, 2.75) is 30.9 Å². The molecule has 1 aromatic heterocycles. The Bertz CT molecular complexity index is 1500. The number of para-hydroxylation sites is 1. The van der Waals surface area contributed by atoms with Crippen LogP contribution >= 0.6 is 23.7 Å². The van der Waals surface area contributed by atoms with Gasteiger partial charge in [-0.2, -0.15) is 5.09 Å². The van der Waals surface area contributed by atoms with Gasteiger partial charge < -0.3 is 19.1 Å². The molecule has 0 radical (unpaired) electrons. The van der Waals surface area contributed by atoms with Crippen LogP contribution in [0.2, 0.25) is 0 Å². The summed E-state index contributed by atoms with van der Waals surface area (Å²) < 4.78 is 37.3. The van der Waals surface area contributed by atoms with E-state index < -0.39 is 56.0 Å². The molecule has 0 amide bonds. The molecule has 1 aliphatic rings. The fraction of sp³-hybridized carbons (Fsp3) is 0.269. The van der Waals surface area contributed by atoms with E-state index in [4.69, 9.17) is 18.5 Å². The Balaban J connectivity index is 1.56. The number of rotatable bonds is 11. The molecule has 4 rings (SSSR count). The van der Waals surface area contributed by atoms with E-state index in [2.05, 4.69) is 26.0 Å². The van der Waals surface area contributed by atoms with E-state index in [-0.39, 0.29) is 17.7 Å². The highest BCUT2D eigenvalue weighted by atomic mass is 79.9. The maximum Gasteiger partial charge on any atom is 0.459 e. The fourth-order valence-corrected chi connectivity index (χ4v) is 5.78. The van der Waals surface area contributed by atoms with Gasteiger partial charge in [-0.15, -0.1) is 0 Å². The van der Waals surface area contributed by atoms with Crippen molar-refractivity contribution in [2.75, 3.05) is 13.7 Å². The normalized spacial score (nSPS) is 21.1. The van der Waals surface area contributed by atoms with Gasteiger partial charge in [0.2, 0.25) is 0 Å². The molecule has 0 aliphatic carbocycles. The molecular weight excluding hydrogens is 609 g/mol. The van der Waals surface area contributed by atoms with Crippen LogP contribution in [0.25, 0.3) is 6.08 Å². The zero-order chi connectivity index (χ0) is 28.7. The maximum absolute atomic E-state index is 14.0. The lowest BCUT2D eigenvalue weighted by molar-refractivity contribution is -0.143. The molecule has 0 saturated carbocycles. The van der Waals surface area contributed by atoms with E-state index in [1.807, 2.05) is 0 Å². The summed E-state index contributed by atoms with van der Waals surface area (Å²) in [6, 6.07) is 15.5. The number of H-pyrrole nitrogens is 1. The van der Waals surface area contributed by atoms with Crippen molar-refractivity contribution in [3.8, 4) is 5.75 Å². The van der Waals surface area contributed by atoms with Gasteiger partial charge in [0.15, 0.2) is 0 Å². The molecule has 3 N–H and O–H groups in total. The molecule has 1 fully saturated rings. The number of aliphatic hydroxyl groups excluding tert-OH is 1. The number of aromatic nitrogens is 2. The summed E-state index contributed by atoms with van der Waals surface area (Å²) in [6.07, 6.45) is -0.329. The molecule has 2 heterocycles. The number of ether oxygens (including phenoxy) is 2. The molecule has 212 valence electrons. The Kier molecular flexibility index (Phi) is 9.90. The van der Waals surface area contributed by atoms with Crippen molar-refractivity contribution >= 4 is 35.7 Å².